The van der Waals surface area contributed by atoms with Gasteiger partial charge >= 0.3 is 0 Å². The first-order valence-electron chi connectivity index (χ1n) is 8.88. The lowest BCUT2D eigenvalue weighted by Crippen LogP contribution is -2.24. The number of benzene rings is 3. The number of carbonyl (C=O) groups is 1. The zero-order valence-corrected chi connectivity index (χ0v) is 17.4. The molecule has 1 heterocycles. The molecular formula is C22H20BrNO4. The number of nitrogens with one attached hydrogen (secondary N) is 1. The van der Waals surface area contributed by atoms with Crippen LogP contribution in [0.15, 0.2) is 46.9 Å². The number of anilines is 1. The van der Waals surface area contributed by atoms with Crippen molar-refractivity contribution in [3.8, 4) is 17.2 Å². The van der Waals surface area contributed by atoms with E-state index in [1.807, 2.05) is 30.3 Å². The van der Waals surface area contributed by atoms with Crippen molar-refractivity contribution in [1.82, 2.24) is 0 Å². The smallest absolute Gasteiger partial charge is 0.225 e. The lowest BCUT2D eigenvalue weighted by Gasteiger charge is -2.29. The Hall–Kier alpha value is -2.73. The molecule has 3 aromatic rings. The Balaban J connectivity index is 1.97. The maximum absolute atomic E-state index is 12.6. The third-order valence-electron chi connectivity index (χ3n) is 5.16. The predicted octanol–water partition coefficient (Wildman–Crippen LogP) is 5.10. The van der Waals surface area contributed by atoms with Gasteiger partial charge in [0.15, 0.2) is 11.5 Å². The molecular weight excluding hydrogens is 422 g/mol. The molecule has 1 amide bonds. The van der Waals surface area contributed by atoms with E-state index in [9.17, 15) is 4.79 Å². The highest BCUT2D eigenvalue weighted by molar-refractivity contribution is 9.10. The fourth-order valence-corrected chi connectivity index (χ4v) is 4.61. The standard InChI is InChI=1S/C22H20BrNO4/c1-26-17-10-16(19(23)22(28-3)21(17)27-2)15-11-18(25)24-20-13-7-5-4-6-12(13)8-9-14(15)20/h4-10,15H,11H2,1-3H3,(H,24,25). The predicted molar refractivity (Wildman–Crippen MR) is 113 cm³/mol. The number of fused-ring (bicyclic) bond motifs is 3. The minimum Gasteiger partial charge on any atom is -0.493 e. The van der Waals surface area contributed by atoms with Gasteiger partial charge in [-0.2, -0.15) is 0 Å². The lowest BCUT2D eigenvalue weighted by atomic mass is 9.83. The van der Waals surface area contributed by atoms with Crippen molar-refractivity contribution in [3.63, 3.8) is 0 Å². The zero-order valence-electron chi connectivity index (χ0n) is 15.8. The molecule has 0 saturated heterocycles. The van der Waals surface area contributed by atoms with Gasteiger partial charge in [-0.05, 0) is 38.5 Å². The molecule has 1 N–H and O–H groups in total. The van der Waals surface area contributed by atoms with Gasteiger partial charge in [-0.25, -0.2) is 0 Å². The van der Waals surface area contributed by atoms with Crippen LogP contribution < -0.4 is 19.5 Å². The van der Waals surface area contributed by atoms with Gasteiger partial charge in [0.1, 0.15) is 0 Å². The summed E-state index contributed by atoms with van der Waals surface area (Å²) >= 11 is 3.66. The Kier molecular flexibility index (Phi) is 4.89. The van der Waals surface area contributed by atoms with Crippen LogP contribution in [-0.4, -0.2) is 27.2 Å². The zero-order chi connectivity index (χ0) is 19.8. The van der Waals surface area contributed by atoms with Gasteiger partial charge in [0.2, 0.25) is 11.7 Å². The summed E-state index contributed by atoms with van der Waals surface area (Å²) in [7, 11) is 4.74. The topological polar surface area (TPSA) is 56.8 Å². The third-order valence-corrected chi connectivity index (χ3v) is 5.98. The molecule has 0 aromatic heterocycles. The van der Waals surface area contributed by atoms with Gasteiger partial charge in [-0.15, -0.1) is 0 Å². The Morgan fingerprint density at radius 3 is 2.43 bits per heavy atom. The average molecular weight is 442 g/mol. The van der Waals surface area contributed by atoms with Crippen LogP contribution in [0.25, 0.3) is 10.8 Å². The van der Waals surface area contributed by atoms with Crippen molar-refractivity contribution >= 4 is 38.3 Å². The van der Waals surface area contributed by atoms with E-state index in [4.69, 9.17) is 14.2 Å². The molecule has 0 aliphatic carbocycles. The largest absolute Gasteiger partial charge is 0.493 e. The van der Waals surface area contributed by atoms with Gasteiger partial charge < -0.3 is 19.5 Å². The summed E-state index contributed by atoms with van der Waals surface area (Å²) in [5.41, 5.74) is 2.84. The molecule has 0 bridgehead atoms. The Bertz CT molecular complexity index is 1080. The maximum Gasteiger partial charge on any atom is 0.225 e. The van der Waals surface area contributed by atoms with Crippen LogP contribution in [0.1, 0.15) is 23.5 Å². The van der Waals surface area contributed by atoms with Crippen molar-refractivity contribution in [2.24, 2.45) is 0 Å². The van der Waals surface area contributed by atoms with E-state index in [0.29, 0.717) is 23.7 Å². The summed E-state index contributed by atoms with van der Waals surface area (Å²) < 4.78 is 17.3. The minimum atomic E-state index is -0.142. The summed E-state index contributed by atoms with van der Waals surface area (Å²) in [4.78, 5) is 12.6. The van der Waals surface area contributed by atoms with Crippen molar-refractivity contribution in [1.29, 1.82) is 0 Å². The minimum absolute atomic E-state index is 0.0190. The summed E-state index contributed by atoms with van der Waals surface area (Å²) in [6.45, 7) is 0. The number of amides is 1. The van der Waals surface area contributed by atoms with Crippen LogP contribution in [0.5, 0.6) is 17.2 Å². The van der Waals surface area contributed by atoms with Crippen molar-refractivity contribution in [2.45, 2.75) is 12.3 Å². The number of hydrogen-bond acceptors (Lipinski definition) is 4. The van der Waals surface area contributed by atoms with Gasteiger partial charge in [-0.3, -0.25) is 4.79 Å². The average Bonchev–Trinajstić information content (AvgIpc) is 2.72. The normalized spacial score (nSPS) is 15.7. The first-order chi connectivity index (χ1) is 13.6. The van der Waals surface area contributed by atoms with E-state index in [-0.39, 0.29) is 11.8 Å². The van der Waals surface area contributed by atoms with E-state index < -0.39 is 0 Å². The molecule has 1 aliphatic heterocycles. The van der Waals surface area contributed by atoms with Crippen LogP contribution >= 0.6 is 15.9 Å². The monoisotopic (exact) mass is 441 g/mol. The quantitative estimate of drug-likeness (QED) is 0.611. The van der Waals surface area contributed by atoms with Crippen molar-refractivity contribution in [3.05, 3.63) is 58.1 Å². The Morgan fingerprint density at radius 1 is 0.964 bits per heavy atom. The fourth-order valence-electron chi connectivity index (χ4n) is 3.88. The number of ether oxygens (including phenoxy) is 3. The second-order valence-corrected chi connectivity index (χ2v) is 7.40. The molecule has 0 spiro atoms. The molecule has 6 heteroatoms. The number of hydrogen-bond donors (Lipinski definition) is 1. The molecule has 0 fully saturated rings. The van der Waals surface area contributed by atoms with Gasteiger partial charge in [0.25, 0.3) is 0 Å². The van der Waals surface area contributed by atoms with Crippen molar-refractivity contribution in [2.75, 3.05) is 26.6 Å². The van der Waals surface area contributed by atoms with E-state index >= 15 is 0 Å². The molecule has 0 radical (unpaired) electrons. The van der Waals surface area contributed by atoms with Crippen LogP contribution in [0.2, 0.25) is 0 Å². The van der Waals surface area contributed by atoms with Crippen LogP contribution in [0.4, 0.5) is 5.69 Å². The second-order valence-electron chi connectivity index (χ2n) is 6.60. The molecule has 1 aliphatic rings. The van der Waals surface area contributed by atoms with E-state index in [1.54, 1.807) is 21.3 Å². The van der Waals surface area contributed by atoms with Gasteiger partial charge in [0, 0.05) is 17.7 Å². The highest BCUT2D eigenvalue weighted by Gasteiger charge is 2.32. The highest BCUT2D eigenvalue weighted by Crippen LogP contribution is 2.50. The molecule has 1 atom stereocenters. The van der Waals surface area contributed by atoms with Crippen molar-refractivity contribution < 1.29 is 19.0 Å². The molecule has 28 heavy (non-hydrogen) atoms. The molecule has 1 unspecified atom stereocenters. The van der Waals surface area contributed by atoms with E-state index in [0.717, 1.165) is 32.1 Å². The summed E-state index contributed by atoms with van der Waals surface area (Å²) in [5.74, 6) is 1.46. The fraction of sp³-hybridized carbons (Fsp3) is 0.227. The lowest BCUT2D eigenvalue weighted by molar-refractivity contribution is -0.116. The van der Waals surface area contributed by atoms with Gasteiger partial charge in [0.05, 0.1) is 31.5 Å². The van der Waals surface area contributed by atoms with Gasteiger partial charge in [-0.1, -0.05) is 36.4 Å². The molecule has 144 valence electrons. The molecule has 4 rings (SSSR count). The number of rotatable bonds is 4. The Labute approximate surface area is 171 Å². The number of methoxy groups -OCH3 is 3. The first-order valence-corrected chi connectivity index (χ1v) is 9.68. The summed E-state index contributed by atoms with van der Waals surface area (Å²) in [6.07, 6.45) is 0.336. The summed E-state index contributed by atoms with van der Waals surface area (Å²) in [5, 5.41) is 5.18. The SMILES string of the molecule is COc1cc(C2CC(=O)Nc3c2ccc2ccccc32)c(Br)c(OC)c1OC. The Morgan fingerprint density at radius 2 is 1.71 bits per heavy atom. The maximum atomic E-state index is 12.6. The second kappa shape index (κ2) is 7.36. The molecule has 5 nitrogen and oxygen atoms in total. The van der Waals surface area contributed by atoms with E-state index in [1.165, 1.54) is 0 Å². The summed E-state index contributed by atoms with van der Waals surface area (Å²) in [6, 6.07) is 14.1. The van der Waals surface area contributed by atoms with Crippen LogP contribution in [-0.2, 0) is 4.79 Å². The van der Waals surface area contributed by atoms with Crippen LogP contribution in [0.3, 0.4) is 0 Å². The van der Waals surface area contributed by atoms with Crippen LogP contribution in [0, 0.1) is 0 Å². The number of carbonyl (C=O) groups excluding carboxylic acids is 1. The van der Waals surface area contributed by atoms with E-state index in [2.05, 4.69) is 33.4 Å². The first kappa shape index (κ1) is 18.6. The number of halogens is 1. The third kappa shape index (κ3) is 2.88. The highest BCUT2D eigenvalue weighted by atomic mass is 79.9. The molecule has 3 aromatic carbocycles. The molecule has 0 saturated carbocycles.